The molecule has 1 saturated heterocycles. The molecule has 1 fully saturated rings. The summed E-state index contributed by atoms with van der Waals surface area (Å²) in [6.07, 6.45) is 1.66. The van der Waals surface area contributed by atoms with E-state index < -0.39 is 0 Å². The fraction of sp³-hybridized carbons (Fsp3) is 0.391. The van der Waals surface area contributed by atoms with Gasteiger partial charge in [-0.3, -0.25) is 9.59 Å². The molecule has 28 heavy (non-hydrogen) atoms. The highest BCUT2D eigenvalue weighted by atomic mass is 16.5. The first-order chi connectivity index (χ1) is 13.5. The predicted octanol–water partition coefficient (Wildman–Crippen LogP) is 3.51. The molecule has 0 radical (unpaired) electrons. The first-order valence-electron chi connectivity index (χ1n) is 9.72. The lowest BCUT2D eigenvalue weighted by Gasteiger charge is -2.34. The van der Waals surface area contributed by atoms with Crippen molar-refractivity contribution in [3.63, 3.8) is 0 Å². The van der Waals surface area contributed by atoms with Crippen molar-refractivity contribution in [3.05, 3.63) is 65.2 Å². The Bertz CT molecular complexity index is 832. The number of ether oxygens (including phenoxy) is 1. The zero-order valence-corrected chi connectivity index (χ0v) is 16.9. The van der Waals surface area contributed by atoms with Crippen LogP contribution < -0.4 is 4.74 Å². The van der Waals surface area contributed by atoms with Crippen molar-refractivity contribution in [2.75, 3.05) is 27.2 Å². The van der Waals surface area contributed by atoms with Crippen molar-refractivity contribution >= 4 is 11.8 Å². The Hall–Kier alpha value is -2.82. The van der Waals surface area contributed by atoms with Crippen molar-refractivity contribution in [3.8, 4) is 5.75 Å². The highest BCUT2D eigenvalue weighted by Gasteiger charge is 2.30. The lowest BCUT2D eigenvalue weighted by atomic mass is 9.95. The summed E-state index contributed by atoms with van der Waals surface area (Å²) in [5.74, 6) is 0.696. The molecule has 0 saturated carbocycles. The van der Waals surface area contributed by atoms with E-state index in [1.54, 1.807) is 12.0 Å². The van der Waals surface area contributed by atoms with Crippen LogP contribution in [0.4, 0.5) is 0 Å². The predicted molar refractivity (Wildman–Crippen MR) is 109 cm³/mol. The van der Waals surface area contributed by atoms with Crippen molar-refractivity contribution in [1.29, 1.82) is 0 Å². The Morgan fingerprint density at radius 2 is 1.86 bits per heavy atom. The van der Waals surface area contributed by atoms with E-state index in [0.29, 0.717) is 25.2 Å². The Kier molecular flexibility index (Phi) is 6.34. The lowest BCUT2D eigenvalue weighted by Crippen LogP contribution is -2.45. The van der Waals surface area contributed by atoms with Gasteiger partial charge in [-0.05, 0) is 38.0 Å². The van der Waals surface area contributed by atoms with Crippen LogP contribution in [0.5, 0.6) is 5.75 Å². The summed E-state index contributed by atoms with van der Waals surface area (Å²) >= 11 is 0. The molecule has 0 spiro atoms. The number of piperidine rings is 1. The van der Waals surface area contributed by atoms with Gasteiger partial charge in [-0.25, -0.2) is 0 Å². The summed E-state index contributed by atoms with van der Waals surface area (Å²) in [5.41, 5.74) is 2.78. The average molecular weight is 380 g/mol. The molecular formula is C23H28N2O3. The van der Waals surface area contributed by atoms with E-state index in [2.05, 4.69) is 0 Å². The maximum Gasteiger partial charge on any atom is 0.253 e. The van der Waals surface area contributed by atoms with E-state index in [1.165, 1.54) is 0 Å². The van der Waals surface area contributed by atoms with Crippen LogP contribution in [0.15, 0.2) is 48.5 Å². The molecule has 0 bridgehead atoms. The van der Waals surface area contributed by atoms with Crippen molar-refractivity contribution in [1.82, 2.24) is 9.80 Å². The van der Waals surface area contributed by atoms with Crippen LogP contribution >= 0.6 is 0 Å². The van der Waals surface area contributed by atoms with Gasteiger partial charge in [0.15, 0.2) is 0 Å². The third-order valence-electron chi connectivity index (χ3n) is 5.33. The number of amides is 2. The zero-order valence-electron chi connectivity index (χ0n) is 16.9. The average Bonchev–Trinajstić information content (AvgIpc) is 2.73. The number of carbonyl (C=O) groups is 2. The topological polar surface area (TPSA) is 49.9 Å². The summed E-state index contributed by atoms with van der Waals surface area (Å²) in [6, 6.07) is 15.3. The largest absolute Gasteiger partial charge is 0.496 e. The lowest BCUT2D eigenvalue weighted by molar-refractivity contribution is -0.136. The van der Waals surface area contributed by atoms with Crippen LogP contribution in [0, 0.1) is 12.8 Å². The van der Waals surface area contributed by atoms with E-state index in [1.807, 2.05) is 67.4 Å². The van der Waals surface area contributed by atoms with E-state index in [0.717, 1.165) is 29.7 Å². The van der Waals surface area contributed by atoms with Gasteiger partial charge >= 0.3 is 0 Å². The molecule has 5 heteroatoms. The SMILES string of the molecule is COc1ccccc1CN(C)C(=O)C1CCCN(C(=O)c2ccc(C)cc2)C1. The van der Waals surface area contributed by atoms with Crippen LogP contribution in [0.2, 0.25) is 0 Å². The number of methoxy groups -OCH3 is 1. The molecule has 1 aliphatic heterocycles. The van der Waals surface area contributed by atoms with Gasteiger partial charge in [-0.2, -0.15) is 0 Å². The first kappa shape index (κ1) is 19.9. The molecule has 2 aromatic rings. The quantitative estimate of drug-likeness (QED) is 0.798. The maximum absolute atomic E-state index is 13.0. The minimum Gasteiger partial charge on any atom is -0.496 e. The molecular weight excluding hydrogens is 352 g/mol. The molecule has 5 nitrogen and oxygen atoms in total. The standard InChI is InChI=1S/C23H28N2O3/c1-17-10-12-18(13-11-17)23(27)25-14-6-8-20(16-25)22(26)24(2)15-19-7-4-5-9-21(19)28-3/h4-5,7,9-13,20H,6,8,14-16H2,1-3H3. The summed E-state index contributed by atoms with van der Waals surface area (Å²) < 4.78 is 5.39. The normalized spacial score (nSPS) is 16.5. The second kappa shape index (κ2) is 8.91. The highest BCUT2D eigenvalue weighted by molar-refractivity contribution is 5.94. The molecule has 1 atom stereocenters. The molecule has 0 aromatic heterocycles. The third-order valence-corrected chi connectivity index (χ3v) is 5.33. The Morgan fingerprint density at radius 1 is 1.14 bits per heavy atom. The molecule has 0 N–H and O–H groups in total. The molecule has 3 rings (SSSR count). The molecule has 148 valence electrons. The Labute approximate surface area is 166 Å². The van der Waals surface area contributed by atoms with Gasteiger partial charge in [0.05, 0.1) is 13.0 Å². The van der Waals surface area contributed by atoms with Crippen LogP contribution in [0.25, 0.3) is 0 Å². The van der Waals surface area contributed by atoms with Crippen molar-refractivity contribution in [2.24, 2.45) is 5.92 Å². The zero-order chi connectivity index (χ0) is 20.1. The van der Waals surface area contributed by atoms with E-state index in [4.69, 9.17) is 4.74 Å². The van der Waals surface area contributed by atoms with Crippen LogP contribution in [-0.4, -0.2) is 48.9 Å². The summed E-state index contributed by atoms with van der Waals surface area (Å²) in [4.78, 5) is 29.4. The minimum absolute atomic E-state index is 0.00452. The van der Waals surface area contributed by atoms with E-state index in [-0.39, 0.29) is 17.7 Å². The molecule has 1 unspecified atom stereocenters. The van der Waals surface area contributed by atoms with Gasteiger partial charge < -0.3 is 14.5 Å². The fourth-order valence-electron chi connectivity index (χ4n) is 3.72. The number of nitrogens with zero attached hydrogens (tertiary/aromatic N) is 2. The maximum atomic E-state index is 13.0. The highest BCUT2D eigenvalue weighted by Crippen LogP contribution is 2.23. The smallest absolute Gasteiger partial charge is 0.253 e. The number of likely N-dealkylation sites (tertiary alicyclic amines) is 1. The van der Waals surface area contributed by atoms with Crippen molar-refractivity contribution in [2.45, 2.75) is 26.3 Å². The summed E-state index contributed by atoms with van der Waals surface area (Å²) in [7, 11) is 3.45. The fourth-order valence-corrected chi connectivity index (χ4v) is 3.72. The Balaban J connectivity index is 1.65. The molecule has 2 amide bonds. The van der Waals surface area contributed by atoms with E-state index >= 15 is 0 Å². The summed E-state index contributed by atoms with van der Waals surface area (Å²) in [6.45, 7) is 3.67. The molecule has 0 aliphatic carbocycles. The summed E-state index contributed by atoms with van der Waals surface area (Å²) in [5, 5.41) is 0. The van der Waals surface area contributed by atoms with Gasteiger partial charge in [0.2, 0.25) is 5.91 Å². The number of hydrogen-bond donors (Lipinski definition) is 0. The van der Waals surface area contributed by atoms with Crippen LogP contribution in [-0.2, 0) is 11.3 Å². The molecule has 1 aliphatic rings. The number of benzene rings is 2. The van der Waals surface area contributed by atoms with Crippen molar-refractivity contribution < 1.29 is 14.3 Å². The second-order valence-electron chi connectivity index (χ2n) is 7.46. The van der Waals surface area contributed by atoms with Gasteiger partial charge in [0, 0.05) is 37.8 Å². The first-order valence-corrected chi connectivity index (χ1v) is 9.72. The van der Waals surface area contributed by atoms with E-state index in [9.17, 15) is 9.59 Å². The van der Waals surface area contributed by atoms with Gasteiger partial charge in [-0.1, -0.05) is 35.9 Å². The molecule has 1 heterocycles. The van der Waals surface area contributed by atoms with Crippen LogP contribution in [0.1, 0.15) is 34.3 Å². The number of aryl methyl sites for hydroxylation is 1. The Morgan fingerprint density at radius 3 is 2.57 bits per heavy atom. The second-order valence-corrected chi connectivity index (χ2v) is 7.46. The number of rotatable bonds is 5. The van der Waals surface area contributed by atoms with Gasteiger partial charge in [0.1, 0.15) is 5.75 Å². The monoisotopic (exact) mass is 380 g/mol. The van der Waals surface area contributed by atoms with Crippen LogP contribution in [0.3, 0.4) is 0 Å². The number of para-hydroxylation sites is 1. The third kappa shape index (κ3) is 4.53. The number of carbonyl (C=O) groups excluding carboxylic acids is 2. The number of hydrogen-bond acceptors (Lipinski definition) is 3. The van der Waals surface area contributed by atoms with Gasteiger partial charge in [-0.15, -0.1) is 0 Å². The van der Waals surface area contributed by atoms with Gasteiger partial charge in [0.25, 0.3) is 5.91 Å². The minimum atomic E-state index is -0.164. The molecule has 2 aromatic carbocycles.